The first-order valence-electron chi connectivity index (χ1n) is 9.19. The van der Waals surface area contributed by atoms with Crippen molar-refractivity contribution in [2.75, 3.05) is 19.7 Å². The van der Waals surface area contributed by atoms with Crippen LogP contribution in [0, 0.1) is 0 Å². The van der Waals surface area contributed by atoms with Crippen molar-refractivity contribution in [2.24, 2.45) is 4.99 Å². The minimum atomic E-state index is -0.123. The van der Waals surface area contributed by atoms with Gasteiger partial charge in [0.25, 0.3) is 5.91 Å². The summed E-state index contributed by atoms with van der Waals surface area (Å²) in [6.45, 7) is 7.97. The Morgan fingerprint density at radius 3 is 2.70 bits per heavy atom. The van der Waals surface area contributed by atoms with E-state index in [-0.39, 0.29) is 18.6 Å². The van der Waals surface area contributed by atoms with E-state index in [1.807, 2.05) is 38.1 Å². The van der Waals surface area contributed by atoms with Crippen LogP contribution in [0.3, 0.4) is 0 Å². The minimum absolute atomic E-state index is 0.0169. The molecule has 0 aliphatic heterocycles. The highest BCUT2D eigenvalue weighted by atomic mass is 32.1. The van der Waals surface area contributed by atoms with Crippen LogP contribution < -0.4 is 20.7 Å². The molecule has 2 rings (SSSR count). The van der Waals surface area contributed by atoms with Gasteiger partial charge in [-0.15, -0.1) is 11.3 Å². The monoisotopic (exact) mass is 388 g/mol. The predicted octanol–water partition coefficient (Wildman–Crippen LogP) is 3.08. The number of ether oxygens (including phenoxy) is 1. The molecule has 0 fully saturated rings. The van der Waals surface area contributed by atoms with Gasteiger partial charge in [0.1, 0.15) is 5.75 Å². The molecule has 1 atom stereocenters. The van der Waals surface area contributed by atoms with Gasteiger partial charge in [0, 0.05) is 18.0 Å². The van der Waals surface area contributed by atoms with Gasteiger partial charge in [0.05, 0.1) is 12.6 Å². The predicted molar refractivity (Wildman–Crippen MR) is 111 cm³/mol. The first kappa shape index (κ1) is 20.8. The second-order valence-corrected chi connectivity index (χ2v) is 6.95. The van der Waals surface area contributed by atoms with Gasteiger partial charge >= 0.3 is 0 Å². The van der Waals surface area contributed by atoms with Crippen LogP contribution in [0.4, 0.5) is 0 Å². The number of rotatable bonds is 9. The highest BCUT2D eigenvalue weighted by molar-refractivity contribution is 7.10. The van der Waals surface area contributed by atoms with Crippen LogP contribution in [0.5, 0.6) is 5.75 Å². The number of hydrogen-bond acceptors (Lipinski definition) is 4. The molecular formula is C20H28N4O2S. The van der Waals surface area contributed by atoms with Crippen molar-refractivity contribution >= 4 is 23.2 Å². The highest BCUT2D eigenvalue weighted by Crippen LogP contribution is 2.18. The second-order valence-electron chi connectivity index (χ2n) is 5.97. The maximum Gasteiger partial charge on any atom is 0.257 e. The summed E-state index contributed by atoms with van der Waals surface area (Å²) < 4.78 is 5.54. The van der Waals surface area contributed by atoms with E-state index >= 15 is 0 Å². The Morgan fingerprint density at radius 1 is 1.19 bits per heavy atom. The summed E-state index contributed by atoms with van der Waals surface area (Å²) in [5.41, 5.74) is 1.02. The number of guanidine groups is 1. The topological polar surface area (TPSA) is 74.8 Å². The zero-order chi connectivity index (χ0) is 19.5. The van der Waals surface area contributed by atoms with E-state index in [2.05, 4.69) is 45.4 Å². The lowest BCUT2D eigenvalue weighted by atomic mass is 10.2. The van der Waals surface area contributed by atoms with Crippen LogP contribution in [0.2, 0.25) is 0 Å². The lowest BCUT2D eigenvalue weighted by Gasteiger charge is -2.16. The molecule has 0 aliphatic carbocycles. The lowest BCUT2D eigenvalue weighted by Crippen LogP contribution is -2.38. The second kappa shape index (κ2) is 11.2. The molecule has 1 aromatic carbocycles. The van der Waals surface area contributed by atoms with Crippen molar-refractivity contribution in [1.29, 1.82) is 0 Å². The van der Waals surface area contributed by atoms with Crippen molar-refractivity contribution in [1.82, 2.24) is 16.0 Å². The Kier molecular flexibility index (Phi) is 8.64. The van der Waals surface area contributed by atoms with E-state index in [0.29, 0.717) is 18.8 Å². The maximum absolute atomic E-state index is 11.5. The summed E-state index contributed by atoms with van der Waals surface area (Å²) >= 11 is 1.72. The summed E-state index contributed by atoms with van der Waals surface area (Å²) in [4.78, 5) is 17.4. The van der Waals surface area contributed by atoms with E-state index in [9.17, 15) is 4.79 Å². The van der Waals surface area contributed by atoms with Crippen LogP contribution in [0.1, 0.15) is 37.3 Å². The van der Waals surface area contributed by atoms with Gasteiger partial charge in [-0.1, -0.05) is 18.2 Å². The zero-order valence-corrected chi connectivity index (χ0v) is 16.9. The number of hydrogen-bond donors (Lipinski definition) is 3. The van der Waals surface area contributed by atoms with Gasteiger partial charge < -0.3 is 20.7 Å². The Hall–Kier alpha value is -2.54. The van der Waals surface area contributed by atoms with E-state index < -0.39 is 0 Å². The number of carbonyl (C=O) groups is 1. The van der Waals surface area contributed by atoms with Crippen molar-refractivity contribution < 1.29 is 9.53 Å². The van der Waals surface area contributed by atoms with E-state index in [1.54, 1.807) is 11.3 Å². The Morgan fingerprint density at radius 2 is 2.00 bits per heavy atom. The molecule has 146 valence electrons. The molecule has 7 heteroatoms. The lowest BCUT2D eigenvalue weighted by molar-refractivity contribution is -0.122. The number of benzene rings is 1. The van der Waals surface area contributed by atoms with Gasteiger partial charge in [0.15, 0.2) is 12.6 Å². The molecule has 0 saturated carbocycles. The fraction of sp³-hybridized carbons (Fsp3) is 0.400. The first-order valence-corrected chi connectivity index (χ1v) is 10.1. The van der Waals surface area contributed by atoms with Crippen LogP contribution in [-0.4, -0.2) is 31.6 Å². The van der Waals surface area contributed by atoms with Crippen LogP contribution in [0.15, 0.2) is 46.8 Å². The molecule has 1 unspecified atom stereocenters. The van der Waals surface area contributed by atoms with Gasteiger partial charge in [-0.2, -0.15) is 0 Å². The van der Waals surface area contributed by atoms with Crippen LogP contribution >= 0.6 is 11.3 Å². The summed E-state index contributed by atoms with van der Waals surface area (Å²) in [5.74, 6) is 1.31. The van der Waals surface area contributed by atoms with Crippen LogP contribution in [0.25, 0.3) is 0 Å². The minimum Gasteiger partial charge on any atom is -0.484 e. The normalized spacial score (nSPS) is 12.3. The molecule has 0 bridgehead atoms. The highest BCUT2D eigenvalue weighted by Gasteiger charge is 2.08. The average Bonchev–Trinajstić information content (AvgIpc) is 3.20. The third-order valence-corrected chi connectivity index (χ3v) is 4.78. The third-order valence-electron chi connectivity index (χ3n) is 3.73. The third kappa shape index (κ3) is 7.30. The standard InChI is InChI=1S/C20H28N4O2S/c1-4-21-19(25)14-26-17-9-6-8-16(12-17)13-23-20(22-5-2)24-15(3)18-10-7-11-27-18/h6-12,15H,4-5,13-14H2,1-3H3,(H,21,25)(H2,22,23,24). The molecule has 6 nitrogen and oxygen atoms in total. The van der Waals surface area contributed by atoms with Gasteiger partial charge in [-0.25, -0.2) is 4.99 Å². The smallest absolute Gasteiger partial charge is 0.257 e. The van der Waals surface area contributed by atoms with E-state index in [0.717, 1.165) is 18.1 Å². The van der Waals surface area contributed by atoms with E-state index in [4.69, 9.17) is 4.74 Å². The summed E-state index contributed by atoms with van der Waals surface area (Å²) in [6.07, 6.45) is 0. The van der Waals surface area contributed by atoms with Crippen LogP contribution in [-0.2, 0) is 11.3 Å². The SMILES string of the molecule is CCNC(=O)COc1cccc(CN=C(NCC)NC(C)c2cccs2)c1. The first-order chi connectivity index (χ1) is 13.1. The molecule has 1 amide bonds. The number of amides is 1. The number of aliphatic imine (C=N–C) groups is 1. The maximum atomic E-state index is 11.5. The molecular weight excluding hydrogens is 360 g/mol. The Balaban J connectivity index is 1.96. The molecule has 0 aliphatic rings. The number of nitrogens with one attached hydrogen (secondary N) is 3. The molecule has 0 radical (unpaired) electrons. The van der Waals surface area contributed by atoms with Crippen molar-refractivity contribution in [3.63, 3.8) is 0 Å². The molecule has 0 saturated heterocycles. The summed E-state index contributed by atoms with van der Waals surface area (Å²) in [6, 6.07) is 12.0. The molecule has 1 aromatic heterocycles. The average molecular weight is 389 g/mol. The number of carbonyl (C=O) groups excluding carboxylic acids is 1. The molecule has 1 heterocycles. The molecule has 0 spiro atoms. The largest absolute Gasteiger partial charge is 0.484 e. The van der Waals surface area contributed by atoms with E-state index in [1.165, 1.54) is 4.88 Å². The van der Waals surface area contributed by atoms with Crippen molar-refractivity contribution in [2.45, 2.75) is 33.4 Å². The fourth-order valence-electron chi connectivity index (χ4n) is 2.43. The Bertz CT molecular complexity index is 731. The zero-order valence-electron chi connectivity index (χ0n) is 16.1. The summed E-state index contributed by atoms with van der Waals surface area (Å²) in [5, 5.41) is 11.5. The summed E-state index contributed by atoms with van der Waals surface area (Å²) in [7, 11) is 0. The molecule has 2 aromatic rings. The van der Waals surface area contributed by atoms with Gasteiger partial charge in [0.2, 0.25) is 0 Å². The fourth-order valence-corrected chi connectivity index (χ4v) is 3.17. The Labute approximate surface area is 165 Å². The molecule has 3 N–H and O–H groups in total. The van der Waals surface area contributed by atoms with Crippen molar-refractivity contribution in [3.8, 4) is 5.75 Å². The number of nitrogens with zero attached hydrogens (tertiary/aromatic N) is 1. The quantitative estimate of drug-likeness (QED) is 0.456. The number of likely N-dealkylation sites (N-methyl/N-ethyl adjacent to an activating group) is 1. The molecule has 27 heavy (non-hydrogen) atoms. The van der Waals surface area contributed by atoms with Gasteiger partial charge in [-0.3, -0.25) is 4.79 Å². The van der Waals surface area contributed by atoms with Gasteiger partial charge in [-0.05, 0) is 49.9 Å². The number of thiophene rings is 1. The van der Waals surface area contributed by atoms with Crippen molar-refractivity contribution in [3.05, 3.63) is 52.2 Å².